The summed E-state index contributed by atoms with van der Waals surface area (Å²) in [5.74, 6) is -0.957. The first-order valence-electron chi connectivity index (χ1n) is 6.16. The van der Waals surface area contributed by atoms with E-state index in [1.165, 1.54) is 0 Å². The molecule has 0 saturated heterocycles. The molecule has 0 aliphatic carbocycles. The molecule has 0 bridgehead atoms. The third kappa shape index (κ3) is 4.01. The summed E-state index contributed by atoms with van der Waals surface area (Å²) in [4.78, 5) is 15.1. The van der Waals surface area contributed by atoms with E-state index >= 15 is 0 Å². The number of halogens is 2. The van der Waals surface area contributed by atoms with E-state index in [2.05, 4.69) is 20.3 Å². The van der Waals surface area contributed by atoms with Gasteiger partial charge in [0.2, 0.25) is 11.9 Å². The predicted octanol–water partition coefficient (Wildman–Crippen LogP) is 2.96. The van der Waals surface area contributed by atoms with Gasteiger partial charge in [-0.15, -0.1) is 0 Å². The van der Waals surface area contributed by atoms with Crippen molar-refractivity contribution in [1.82, 2.24) is 15.0 Å². The molecule has 112 valence electrons. The van der Waals surface area contributed by atoms with Crippen molar-refractivity contribution < 1.29 is 8.78 Å². The van der Waals surface area contributed by atoms with Gasteiger partial charge in [0, 0.05) is 31.6 Å². The summed E-state index contributed by atoms with van der Waals surface area (Å²) in [6.45, 7) is 0. The number of hydrogen-bond acceptors (Lipinski definition) is 6. The molecule has 8 heteroatoms. The third-order valence-corrected chi connectivity index (χ3v) is 3.31. The first-order chi connectivity index (χ1) is 9.99. The van der Waals surface area contributed by atoms with E-state index in [0.717, 1.165) is 5.56 Å². The molecule has 0 fully saturated rings. The van der Waals surface area contributed by atoms with Crippen molar-refractivity contribution in [3.63, 3.8) is 0 Å². The molecule has 0 aliphatic rings. The van der Waals surface area contributed by atoms with Crippen molar-refractivity contribution in [2.24, 2.45) is 0 Å². The summed E-state index contributed by atoms with van der Waals surface area (Å²) >= 11 is 0.511. The van der Waals surface area contributed by atoms with Crippen LogP contribution in [0.15, 0.2) is 29.2 Å². The van der Waals surface area contributed by atoms with Gasteiger partial charge in [0.15, 0.2) is 5.82 Å². The van der Waals surface area contributed by atoms with Crippen LogP contribution in [0.1, 0.15) is 0 Å². The second-order valence-corrected chi connectivity index (χ2v) is 5.39. The van der Waals surface area contributed by atoms with Crippen LogP contribution in [0.3, 0.4) is 0 Å². The van der Waals surface area contributed by atoms with Crippen molar-refractivity contribution in [1.29, 1.82) is 0 Å². The van der Waals surface area contributed by atoms with Crippen LogP contribution < -0.4 is 10.2 Å². The summed E-state index contributed by atoms with van der Waals surface area (Å²) < 4.78 is 24.6. The molecular formula is C13H15F2N5S. The highest BCUT2D eigenvalue weighted by atomic mass is 32.2. The summed E-state index contributed by atoms with van der Waals surface area (Å²) in [5.41, 5.74) is 0.746. The molecule has 2 rings (SSSR count). The minimum absolute atomic E-state index is 0.453. The topological polar surface area (TPSA) is 53.9 Å². The summed E-state index contributed by atoms with van der Waals surface area (Å²) in [5, 5.41) is 2.88. The van der Waals surface area contributed by atoms with Crippen LogP contribution in [-0.4, -0.2) is 41.9 Å². The molecule has 2 aromatic rings. The third-order valence-electron chi connectivity index (χ3n) is 2.58. The summed E-state index contributed by atoms with van der Waals surface area (Å²) in [7, 11) is 5.39. The van der Waals surface area contributed by atoms with Crippen LogP contribution in [0.2, 0.25) is 0 Å². The Hall–Kier alpha value is -1.96. The monoisotopic (exact) mass is 311 g/mol. The predicted molar refractivity (Wildman–Crippen MR) is 81.0 cm³/mol. The molecule has 1 heterocycles. The zero-order valence-electron chi connectivity index (χ0n) is 11.8. The van der Waals surface area contributed by atoms with Crippen molar-refractivity contribution in [3.8, 4) is 11.4 Å². The van der Waals surface area contributed by atoms with Crippen molar-refractivity contribution in [2.45, 2.75) is 10.7 Å². The van der Waals surface area contributed by atoms with Crippen molar-refractivity contribution in [2.75, 3.05) is 31.4 Å². The number of aromatic nitrogens is 3. The molecule has 5 nitrogen and oxygen atoms in total. The zero-order chi connectivity index (χ0) is 15.4. The molecule has 0 unspecified atom stereocenters. The maximum absolute atomic E-state index is 12.3. The zero-order valence-corrected chi connectivity index (χ0v) is 12.7. The van der Waals surface area contributed by atoms with E-state index in [1.807, 2.05) is 14.1 Å². The standard InChI is InChI=1S/C13H15F2N5S/c1-16-12-17-10(18-13(19-12)20(2)3)8-4-6-9(7-5-8)21-11(14)15/h4-7,11H,1-3H3,(H,16,17,18,19). The van der Waals surface area contributed by atoms with E-state index in [0.29, 0.717) is 34.4 Å². The number of nitrogens with zero attached hydrogens (tertiary/aromatic N) is 4. The molecule has 0 amide bonds. The Labute approximate surface area is 125 Å². The maximum Gasteiger partial charge on any atom is 0.288 e. The number of nitrogens with one attached hydrogen (secondary N) is 1. The molecule has 0 aliphatic heterocycles. The normalized spacial score (nSPS) is 10.8. The van der Waals surface area contributed by atoms with Crippen LogP contribution in [0.5, 0.6) is 0 Å². The van der Waals surface area contributed by atoms with Crippen LogP contribution >= 0.6 is 11.8 Å². The Morgan fingerprint density at radius 2 is 1.76 bits per heavy atom. The molecular weight excluding hydrogens is 296 g/mol. The number of rotatable bonds is 5. The molecule has 1 aromatic heterocycles. The fourth-order valence-corrected chi connectivity index (χ4v) is 2.09. The number of benzene rings is 1. The minimum atomic E-state index is -2.43. The van der Waals surface area contributed by atoms with Crippen LogP contribution in [-0.2, 0) is 0 Å². The quantitative estimate of drug-likeness (QED) is 0.857. The second kappa shape index (κ2) is 6.66. The fourth-order valence-electron chi connectivity index (χ4n) is 1.59. The Morgan fingerprint density at radius 1 is 1.10 bits per heavy atom. The number of anilines is 2. The average molecular weight is 311 g/mol. The van der Waals surface area contributed by atoms with Crippen LogP contribution in [0.4, 0.5) is 20.7 Å². The van der Waals surface area contributed by atoms with E-state index in [9.17, 15) is 8.78 Å². The summed E-state index contributed by atoms with van der Waals surface area (Å²) in [6.07, 6.45) is 0. The van der Waals surface area contributed by atoms with Gasteiger partial charge in [0.05, 0.1) is 0 Å². The van der Waals surface area contributed by atoms with Crippen LogP contribution in [0, 0.1) is 0 Å². The van der Waals surface area contributed by atoms with Gasteiger partial charge in [0.25, 0.3) is 5.76 Å². The van der Waals surface area contributed by atoms with Crippen LogP contribution in [0.25, 0.3) is 11.4 Å². The number of alkyl halides is 2. The van der Waals surface area contributed by atoms with E-state index in [1.54, 1.807) is 36.2 Å². The first kappa shape index (κ1) is 15.4. The maximum atomic E-state index is 12.3. The first-order valence-corrected chi connectivity index (χ1v) is 7.04. The molecule has 0 atom stereocenters. The Morgan fingerprint density at radius 3 is 2.29 bits per heavy atom. The lowest BCUT2D eigenvalue weighted by atomic mass is 10.2. The molecule has 1 aromatic carbocycles. The van der Waals surface area contributed by atoms with Gasteiger partial charge in [-0.25, -0.2) is 0 Å². The van der Waals surface area contributed by atoms with Gasteiger partial charge in [-0.05, 0) is 12.1 Å². The van der Waals surface area contributed by atoms with Gasteiger partial charge >= 0.3 is 0 Å². The minimum Gasteiger partial charge on any atom is -0.357 e. The Bertz CT molecular complexity index is 604. The number of thioether (sulfide) groups is 1. The van der Waals surface area contributed by atoms with Gasteiger partial charge in [0.1, 0.15) is 0 Å². The van der Waals surface area contributed by atoms with E-state index < -0.39 is 5.76 Å². The van der Waals surface area contributed by atoms with Gasteiger partial charge < -0.3 is 10.2 Å². The summed E-state index contributed by atoms with van der Waals surface area (Å²) in [6, 6.07) is 6.70. The second-order valence-electron chi connectivity index (χ2n) is 4.33. The van der Waals surface area contributed by atoms with Gasteiger partial charge in [-0.3, -0.25) is 0 Å². The largest absolute Gasteiger partial charge is 0.357 e. The lowest BCUT2D eigenvalue weighted by Crippen LogP contribution is -2.15. The highest BCUT2D eigenvalue weighted by molar-refractivity contribution is 7.99. The highest BCUT2D eigenvalue weighted by Crippen LogP contribution is 2.27. The van der Waals surface area contributed by atoms with Crippen molar-refractivity contribution in [3.05, 3.63) is 24.3 Å². The van der Waals surface area contributed by atoms with Gasteiger partial charge in [-0.1, -0.05) is 23.9 Å². The van der Waals surface area contributed by atoms with Gasteiger partial charge in [-0.2, -0.15) is 23.7 Å². The van der Waals surface area contributed by atoms with E-state index in [-0.39, 0.29) is 0 Å². The molecule has 0 radical (unpaired) electrons. The lowest BCUT2D eigenvalue weighted by Gasteiger charge is -2.12. The Balaban J connectivity index is 2.34. The fraction of sp³-hybridized carbons (Fsp3) is 0.308. The molecule has 0 spiro atoms. The number of hydrogen-bond donors (Lipinski definition) is 1. The molecule has 1 N–H and O–H groups in total. The SMILES string of the molecule is CNc1nc(-c2ccc(SC(F)F)cc2)nc(N(C)C)n1. The van der Waals surface area contributed by atoms with Crippen molar-refractivity contribution >= 4 is 23.7 Å². The molecule has 0 saturated carbocycles. The van der Waals surface area contributed by atoms with E-state index in [4.69, 9.17) is 0 Å². The molecule has 21 heavy (non-hydrogen) atoms. The highest BCUT2D eigenvalue weighted by Gasteiger charge is 2.10. The smallest absolute Gasteiger partial charge is 0.288 e. The lowest BCUT2D eigenvalue weighted by molar-refractivity contribution is 0.252. The average Bonchev–Trinajstić information content (AvgIpc) is 2.46. The Kier molecular flexibility index (Phi) is 4.89.